The van der Waals surface area contributed by atoms with Gasteiger partial charge in [-0.25, -0.2) is 4.79 Å². The molecule has 0 saturated heterocycles. The predicted molar refractivity (Wildman–Crippen MR) is 75.9 cm³/mol. The maximum Gasteiger partial charge on any atom is 0.326 e. The van der Waals surface area contributed by atoms with Crippen LogP contribution in [0.4, 0.5) is 0 Å². The average Bonchev–Trinajstić information content (AvgIpc) is 2.36. The van der Waals surface area contributed by atoms with Crippen molar-refractivity contribution in [3.05, 3.63) is 0 Å². The summed E-state index contributed by atoms with van der Waals surface area (Å²) in [7, 11) is 0. The molecule has 118 valence electrons. The molecule has 20 heavy (non-hydrogen) atoms. The first-order chi connectivity index (χ1) is 9.29. The van der Waals surface area contributed by atoms with Crippen LogP contribution in [0.1, 0.15) is 39.5 Å². The molecule has 7 heteroatoms. The summed E-state index contributed by atoms with van der Waals surface area (Å²) in [5.74, 6) is -1.74. The quantitative estimate of drug-likeness (QED) is 0.341. The van der Waals surface area contributed by atoms with Crippen LogP contribution in [0.15, 0.2) is 0 Å². The van der Waals surface area contributed by atoms with E-state index in [1.54, 1.807) is 0 Å². The third kappa shape index (κ3) is 7.42. The van der Waals surface area contributed by atoms with Crippen LogP contribution in [0.2, 0.25) is 0 Å². The number of aliphatic hydroxyl groups is 1. The highest BCUT2D eigenvalue weighted by molar-refractivity contribution is 5.86. The van der Waals surface area contributed by atoms with Crippen LogP contribution in [-0.2, 0) is 9.59 Å². The number of aliphatic carboxylic acids is 1. The van der Waals surface area contributed by atoms with Crippen molar-refractivity contribution >= 4 is 11.9 Å². The molecule has 0 spiro atoms. The van der Waals surface area contributed by atoms with Crippen LogP contribution in [0.5, 0.6) is 0 Å². The fraction of sp³-hybridized carbons (Fsp3) is 0.846. The van der Waals surface area contributed by atoms with Gasteiger partial charge in [0.05, 0.1) is 0 Å². The van der Waals surface area contributed by atoms with E-state index in [9.17, 15) is 14.7 Å². The number of nitrogens with one attached hydrogen (secondary N) is 1. The smallest absolute Gasteiger partial charge is 0.326 e. The van der Waals surface area contributed by atoms with Crippen molar-refractivity contribution in [2.45, 2.75) is 57.7 Å². The molecule has 0 fully saturated rings. The standard InChI is InChI=1S/C13H27N3O4/c1-8(2)7-10(13(19)20)16-12(18)11(17)9(15)5-3-4-6-14/h8-11,17H,3-7,14-15H2,1-2H3,(H,16,18)(H,19,20)/t9-,10+,11+/m1/s1. The second-order valence-electron chi connectivity index (χ2n) is 5.42. The Labute approximate surface area is 119 Å². The Kier molecular flexibility index (Phi) is 9.11. The van der Waals surface area contributed by atoms with Crippen LogP contribution in [0.3, 0.4) is 0 Å². The number of carbonyl (C=O) groups is 2. The normalized spacial score (nSPS) is 15.7. The van der Waals surface area contributed by atoms with Crippen LogP contribution < -0.4 is 16.8 Å². The predicted octanol–water partition coefficient (Wildman–Crippen LogP) is -0.581. The second-order valence-corrected chi connectivity index (χ2v) is 5.42. The van der Waals surface area contributed by atoms with Crippen molar-refractivity contribution in [3.8, 4) is 0 Å². The summed E-state index contributed by atoms with van der Waals surface area (Å²) >= 11 is 0. The largest absolute Gasteiger partial charge is 0.480 e. The Morgan fingerprint density at radius 1 is 1.25 bits per heavy atom. The number of rotatable bonds is 10. The average molecular weight is 289 g/mol. The molecule has 3 atom stereocenters. The fourth-order valence-corrected chi connectivity index (χ4v) is 1.83. The van der Waals surface area contributed by atoms with Gasteiger partial charge < -0.3 is 27.0 Å². The van der Waals surface area contributed by atoms with E-state index in [0.717, 1.165) is 12.8 Å². The number of aliphatic hydroxyl groups excluding tert-OH is 1. The summed E-state index contributed by atoms with van der Waals surface area (Å²) in [4.78, 5) is 22.8. The van der Waals surface area contributed by atoms with Gasteiger partial charge >= 0.3 is 5.97 Å². The minimum Gasteiger partial charge on any atom is -0.480 e. The maximum absolute atomic E-state index is 11.8. The van der Waals surface area contributed by atoms with E-state index < -0.39 is 30.1 Å². The number of carboxylic acids is 1. The molecule has 7 N–H and O–H groups in total. The summed E-state index contributed by atoms with van der Waals surface area (Å²) in [5.41, 5.74) is 11.1. The number of carbonyl (C=O) groups excluding carboxylic acids is 1. The molecular formula is C13H27N3O4. The van der Waals surface area contributed by atoms with E-state index in [1.165, 1.54) is 0 Å². The molecule has 0 radical (unpaired) electrons. The molecule has 0 aromatic rings. The third-order valence-electron chi connectivity index (χ3n) is 2.99. The lowest BCUT2D eigenvalue weighted by molar-refractivity contribution is -0.144. The Morgan fingerprint density at radius 3 is 2.30 bits per heavy atom. The monoisotopic (exact) mass is 289 g/mol. The molecule has 1 amide bonds. The van der Waals surface area contributed by atoms with Gasteiger partial charge in [-0.3, -0.25) is 4.79 Å². The zero-order chi connectivity index (χ0) is 15.7. The highest BCUT2D eigenvalue weighted by atomic mass is 16.4. The van der Waals surface area contributed by atoms with Crippen LogP contribution in [0, 0.1) is 5.92 Å². The fourth-order valence-electron chi connectivity index (χ4n) is 1.83. The zero-order valence-electron chi connectivity index (χ0n) is 12.2. The van der Waals surface area contributed by atoms with Gasteiger partial charge in [0.25, 0.3) is 5.91 Å². The van der Waals surface area contributed by atoms with Gasteiger partial charge in [-0.2, -0.15) is 0 Å². The maximum atomic E-state index is 11.8. The van der Waals surface area contributed by atoms with Gasteiger partial charge in [0, 0.05) is 6.04 Å². The lowest BCUT2D eigenvalue weighted by atomic mass is 10.0. The highest BCUT2D eigenvalue weighted by Crippen LogP contribution is 2.07. The molecule has 0 rings (SSSR count). The Morgan fingerprint density at radius 2 is 1.85 bits per heavy atom. The minimum absolute atomic E-state index is 0.117. The van der Waals surface area contributed by atoms with E-state index in [2.05, 4.69) is 5.32 Å². The van der Waals surface area contributed by atoms with Gasteiger partial charge in [-0.05, 0) is 31.7 Å². The van der Waals surface area contributed by atoms with E-state index >= 15 is 0 Å². The lowest BCUT2D eigenvalue weighted by Crippen LogP contribution is -2.51. The third-order valence-corrected chi connectivity index (χ3v) is 2.99. The van der Waals surface area contributed by atoms with Crippen molar-refractivity contribution in [1.82, 2.24) is 5.32 Å². The molecule has 0 bridgehead atoms. The van der Waals surface area contributed by atoms with Gasteiger partial charge in [-0.1, -0.05) is 20.3 Å². The first-order valence-corrected chi connectivity index (χ1v) is 6.96. The first-order valence-electron chi connectivity index (χ1n) is 6.96. The summed E-state index contributed by atoms with van der Waals surface area (Å²) in [5, 5.41) is 21.1. The summed E-state index contributed by atoms with van der Waals surface area (Å²) in [6.45, 7) is 4.25. The van der Waals surface area contributed by atoms with E-state index in [0.29, 0.717) is 19.4 Å². The molecule has 0 aromatic heterocycles. The molecule has 0 aliphatic rings. The van der Waals surface area contributed by atoms with Crippen molar-refractivity contribution in [3.63, 3.8) is 0 Å². The van der Waals surface area contributed by atoms with Gasteiger partial charge in [0.2, 0.25) is 0 Å². The number of nitrogens with two attached hydrogens (primary N) is 2. The highest BCUT2D eigenvalue weighted by Gasteiger charge is 2.27. The van der Waals surface area contributed by atoms with Crippen molar-refractivity contribution in [2.75, 3.05) is 6.54 Å². The van der Waals surface area contributed by atoms with E-state index in [4.69, 9.17) is 16.6 Å². The number of hydrogen-bond donors (Lipinski definition) is 5. The number of amides is 1. The number of carboxylic acid groups (broad SMARTS) is 1. The second kappa shape index (κ2) is 9.68. The molecule has 7 nitrogen and oxygen atoms in total. The van der Waals surface area contributed by atoms with Crippen molar-refractivity contribution < 1.29 is 19.8 Å². The van der Waals surface area contributed by atoms with Crippen molar-refractivity contribution in [1.29, 1.82) is 0 Å². The zero-order valence-corrected chi connectivity index (χ0v) is 12.2. The Bertz CT molecular complexity index is 310. The molecular weight excluding hydrogens is 262 g/mol. The topological polar surface area (TPSA) is 139 Å². The summed E-state index contributed by atoms with van der Waals surface area (Å²) < 4.78 is 0. The molecule has 0 unspecified atom stereocenters. The molecule has 0 aromatic carbocycles. The van der Waals surface area contributed by atoms with Crippen molar-refractivity contribution in [2.24, 2.45) is 17.4 Å². The lowest BCUT2D eigenvalue weighted by Gasteiger charge is -2.22. The summed E-state index contributed by atoms with van der Waals surface area (Å²) in [6, 6.07) is -1.72. The van der Waals surface area contributed by atoms with Crippen LogP contribution in [-0.4, -0.2) is 46.8 Å². The van der Waals surface area contributed by atoms with Crippen LogP contribution in [0.25, 0.3) is 0 Å². The van der Waals surface area contributed by atoms with Gasteiger partial charge in [-0.15, -0.1) is 0 Å². The SMILES string of the molecule is CC(C)C[C@H](NC(=O)[C@@H](O)[C@H](N)CCCCN)C(=O)O. The van der Waals surface area contributed by atoms with E-state index in [-0.39, 0.29) is 5.92 Å². The molecule has 0 aliphatic heterocycles. The Balaban J connectivity index is 4.36. The molecule has 0 heterocycles. The first kappa shape index (κ1) is 18.8. The van der Waals surface area contributed by atoms with E-state index in [1.807, 2.05) is 13.8 Å². The molecule has 0 saturated carbocycles. The minimum atomic E-state index is -1.40. The molecule has 0 aliphatic carbocycles. The summed E-state index contributed by atoms with van der Waals surface area (Å²) in [6.07, 6.45) is 0.856. The Hall–Kier alpha value is -1.18. The van der Waals surface area contributed by atoms with Gasteiger partial charge in [0.15, 0.2) is 0 Å². The van der Waals surface area contributed by atoms with Gasteiger partial charge in [0.1, 0.15) is 12.1 Å². The number of unbranched alkanes of at least 4 members (excludes halogenated alkanes) is 1. The van der Waals surface area contributed by atoms with Crippen LogP contribution >= 0.6 is 0 Å². The number of hydrogen-bond acceptors (Lipinski definition) is 5.